The van der Waals surface area contributed by atoms with Gasteiger partial charge in [0.2, 0.25) is 0 Å². The fraction of sp³-hybridized carbons (Fsp3) is 0.830. The standard InChI is InChI=1S/C53H78O7/c1-36-51-30-29-50-21-9-12-38(14-13-37-10-7-8-11-37)19-22-49(41-33-46(3,44(56)57)24-23-45(41,2)25-26-47(49,50)4)28-27-48(50,5)52(51,35-54)42(55)34-53(36,58)60-43(51)32-40-17-15-39(16-18-40)20-31-59-6/h15-18,36-38,41-43,54-55,58H,7-8,10-14,19-20,22-35H2,1-6H3,(H,56,57). The number of rotatable bonds is 10. The van der Waals surface area contributed by atoms with Crippen molar-refractivity contribution in [3.8, 4) is 11.8 Å². The third-order valence-electron chi connectivity index (χ3n) is 21.8. The number of carboxylic acid groups (broad SMARTS) is 1. The van der Waals surface area contributed by atoms with E-state index < -0.39 is 51.0 Å². The molecule has 1 heterocycles. The maximum absolute atomic E-state index is 13.2. The average molecular weight is 827 g/mol. The summed E-state index contributed by atoms with van der Waals surface area (Å²) in [5.74, 6) is 7.43. The maximum Gasteiger partial charge on any atom is 0.309 e. The van der Waals surface area contributed by atoms with Crippen molar-refractivity contribution >= 4 is 5.97 Å². The van der Waals surface area contributed by atoms with Crippen LogP contribution >= 0.6 is 0 Å². The molecule has 9 rings (SSSR count). The molecule has 7 nitrogen and oxygen atoms in total. The second kappa shape index (κ2) is 14.8. The number of hydrogen-bond acceptors (Lipinski definition) is 6. The molecule has 0 radical (unpaired) electrons. The van der Waals surface area contributed by atoms with Gasteiger partial charge in [-0.3, -0.25) is 4.79 Å². The zero-order valence-electron chi connectivity index (χ0n) is 38.1. The van der Waals surface area contributed by atoms with E-state index in [-0.39, 0.29) is 41.1 Å². The maximum atomic E-state index is 13.2. The summed E-state index contributed by atoms with van der Waals surface area (Å²) in [7, 11) is 1.73. The summed E-state index contributed by atoms with van der Waals surface area (Å²) in [6.45, 7) is 12.2. The molecule has 332 valence electrons. The molecule has 14 unspecified atom stereocenters. The summed E-state index contributed by atoms with van der Waals surface area (Å²) in [6.07, 6.45) is 19.0. The highest BCUT2D eigenvalue weighted by Gasteiger charge is 2.87. The number of methoxy groups -OCH3 is 1. The number of aliphatic hydroxyl groups excluding tert-OH is 2. The number of aliphatic carboxylic acids is 1. The molecular weight excluding hydrogens is 749 g/mol. The highest BCUT2D eigenvalue weighted by molar-refractivity contribution is 5.74. The first-order valence-corrected chi connectivity index (χ1v) is 24.5. The van der Waals surface area contributed by atoms with Crippen LogP contribution < -0.4 is 0 Å². The molecule has 4 bridgehead atoms. The number of aliphatic hydroxyl groups is 3. The Morgan fingerprint density at radius 3 is 2.23 bits per heavy atom. The molecule has 7 aliphatic carbocycles. The van der Waals surface area contributed by atoms with Crippen LogP contribution in [0.25, 0.3) is 0 Å². The summed E-state index contributed by atoms with van der Waals surface area (Å²) >= 11 is 0. The average Bonchev–Trinajstić information content (AvgIpc) is 3.80. The van der Waals surface area contributed by atoms with Crippen molar-refractivity contribution in [2.75, 3.05) is 20.3 Å². The van der Waals surface area contributed by atoms with Crippen molar-refractivity contribution < 1.29 is 34.7 Å². The minimum absolute atomic E-state index is 0.0631. The van der Waals surface area contributed by atoms with E-state index in [9.17, 15) is 25.2 Å². The van der Waals surface area contributed by atoms with Gasteiger partial charge in [-0.05, 0) is 147 Å². The van der Waals surface area contributed by atoms with Crippen molar-refractivity contribution in [2.24, 2.45) is 67.0 Å². The van der Waals surface area contributed by atoms with E-state index in [4.69, 9.17) is 9.47 Å². The van der Waals surface area contributed by atoms with Crippen LogP contribution in [-0.2, 0) is 27.1 Å². The number of fused-ring (bicyclic) bond motifs is 3. The van der Waals surface area contributed by atoms with E-state index in [1.54, 1.807) is 7.11 Å². The third kappa shape index (κ3) is 5.61. The quantitative estimate of drug-likeness (QED) is 0.174. The predicted octanol–water partition coefficient (Wildman–Crippen LogP) is 9.91. The van der Waals surface area contributed by atoms with Gasteiger partial charge in [0.05, 0.1) is 30.8 Å². The van der Waals surface area contributed by atoms with E-state index in [1.165, 1.54) is 44.1 Å². The summed E-state index contributed by atoms with van der Waals surface area (Å²) in [5.41, 5.74) is -1.54. The molecule has 2 spiro atoms. The van der Waals surface area contributed by atoms with Gasteiger partial charge >= 0.3 is 5.97 Å². The second-order valence-corrected chi connectivity index (χ2v) is 23.5. The van der Waals surface area contributed by atoms with E-state index in [0.29, 0.717) is 31.8 Å². The summed E-state index contributed by atoms with van der Waals surface area (Å²) in [5, 5.41) is 48.8. The molecule has 4 N–H and O–H groups in total. The molecule has 0 aromatic heterocycles. The number of ether oxygens (including phenoxy) is 2. The van der Waals surface area contributed by atoms with E-state index >= 15 is 0 Å². The Bertz CT molecular complexity index is 1860. The largest absolute Gasteiger partial charge is 0.481 e. The molecule has 1 saturated heterocycles. The van der Waals surface area contributed by atoms with Gasteiger partial charge in [0.25, 0.3) is 0 Å². The highest BCUT2D eigenvalue weighted by atomic mass is 16.6. The van der Waals surface area contributed by atoms with Crippen LogP contribution in [-0.4, -0.2) is 64.7 Å². The SMILES string of the molecule is COCCc1ccc(CC2OC3(O)CC(O)C4(CO)C2(CCC25C#CCC(CCC6CCCC6)CCC6(CCC24C)C2CC(C)(C(=O)O)CCC2(C)CCC65C)C3C)cc1. The summed E-state index contributed by atoms with van der Waals surface area (Å²) < 4.78 is 12.3. The molecule has 8 aliphatic rings. The first kappa shape index (κ1) is 43.3. The van der Waals surface area contributed by atoms with Crippen molar-refractivity contribution in [2.45, 2.75) is 187 Å². The lowest BCUT2D eigenvalue weighted by atomic mass is 9.21. The first-order chi connectivity index (χ1) is 28.5. The van der Waals surface area contributed by atoms with E-state index in [1.807, 2.05) is 6.92 Å². The lowest BCUT2D eigenvalue weighted by molar-refractivity contribution is -0.355. The van der Waals surface area contributed by atoms with Crippen LogP contribution in [0.15, 0.2) is 24.3 Å². The third-order valence-corrected chi connectivity index (χ3v) is 21.8. The zero-order chi connectivity index (χ0) is 42.6. The number of hydrogen-bond donors (Lipinski definition) is 4. The zero-order valence-corrected chi connectivity index (χ0v) is 38.1. The van der Waals surface area contributed by atoms with Gasteiger partial charge in [0, 0.05) is 42.1 Å². The normalized spacial score (nSPS) is 49.5. The Kier molecular flexibility index (Phi) is 10.7. The fourth-order valence-corrected chi connectivity index (χ4v) is 18.0. The smallest absolute Gasteiger partial charge is 0.309 e. The lowest BCUT2D eigenvalue weighted by Crippen LogP contribution is -2.80. The molecule has 1 aliphatic heterocycles. The molecule has 6 saturated carbocycles. The molecule has 0 amide bonds. The van der Waals surface area contributed by atoms with Gasteiger partial charge in [0.1, 0.15) is 0 Å². The number of carbonyl (C=O) groups is 1. The first-order valence-electron chi connectivity index (χ1n) is 24.5. The Labute approximate surface area is 361 Å². The summed E-state index contributed by atoms with van der Waals surface area (Å²) in [6, 6.07) is 8.71. The van der Waals surface area contributed by atoms with Gasteiger partial charge in [0.15, 0.2) is 5.79 Å². The number of benzene rings is 1. The Morgan fingerprint density at radius 2 is 1.53 bits per heavy atom. The van der Waals surface area contributed by atoms with Crippen molar-refractivity contribution in [3.63, 3.8) is 0 Å². The van der Waals surface area contributed by atoms with Gasteiger partial charge in [-0.25, -0.2) is 0 Å². The minimum Gasteiger partial charge on any atom is -0.481 e. The topological polar surface area (TPSA) is 116 Å². The Morgan fingerprint density at radius 1 is 0.850 bits per heavy atom. The fourth-order valence-electron chi connectivity index (χ4n) is 18.0. The van der Waals surface area contributed by atoms with Crippen LogP contribution in [0.4, 0.5) is 0 Å². The molecule has 14 atom stereocenters. The number of carboxylic acids is 1. The van der Waals surface area contributed by atoms with E-state index in [0.717, 1.165) is 82.1 Å². The lowest BCUT2D eigenvalue weighted by Gasteiger charge is -2.81. The minimum atomic E-state index is -1.49. The molecule has 7 fully saturated rings. The van der Waals surface area contributed by atoms with Crippen molar-refractivity contribution in [1.29, 1.82) is 0 Å². The van der Waals surface area contributed by atoms with Crippen LogP contribution in [0.5, 0.6) is 0 Å². The summed E-state index contributed by atoms with van der Waals surface area (Å²) in [4.78, 5) is 13.2. The monoisotopic (exact) mass is 827 g/mol. The van der Waals surface area contributed by atoms with Gasteiger partial charge in [-0.2, -0.15) is 0 Å². The Hall–Kier alpha value is -1.95. The highest BCUT2D eigenvalue weighted by Crippen LogP contribution is 2.87. The van der Waals surface area contributed by atoms with Crippen LogP contribution in [0, 0.1) is 78.8 Å². The second-order valence-electron chi connectivity index (χ2n) is 23.5. The van der Waals surface area contributed by atoms with Gasteiger partial charge in [-0.1, -0.05) is 90.0 Å². The molecule has 1 aromatic carbocycles. The van der Waals surface area contributed by atoms with E-state index in [2.05, 4.69) is 63.8 Å². The van der Waals surface area contributed by atoms with Gasteiger partial charge in [-0.15, -0.1) is 5.92 Å². The van der Waals surface area contributed by atoms with Crippen LogP contribution in [0.3, 0.4) is 0 Å². The van der Waals surface area contributed by atoms with Crippen molar-refractivity contribution in [3.05, 3.63) is 35.4 Å². The van der Waals surface area contributed by atoms with Crippen LogP contribution in [0.2, 0.25) is 0 Å². The predicted molar refractivity (Wildman–Crippen MR) is 234 cm³/mol. The van der Waals surface area contributed by atoms with Gasteiger partial charge < -0.3 is 29.9 Å². The molecular formula is C53H78O7. The molecule has 60 heavy (non-hydrogen) atoms. The molecule has 1 aromatic rings. The van der Waals surface area contributed by atoms with Crippen molar-refractivity contribution in [1.82, 2.24) is 0 Å². The Balaban J connectivity index is 1.19. The van der Waals surface area contributed by atoms with Crippen LogP contribution in [0.1, 0.15) is 168 Å². The molecule has 7 heteroatoms.